The van der Waals surface area contributed by atoms with Gasteiger partial charge in [-0.05, 0) is 6.92 Å². The van der Waals surface area contributed by atoms with Gasteiger partial charge in [0.15, 0.2) is 0 Å². The number of carbonyl (C=O) groups is 1. The van der Waals surface area contributed by atoms with Crippen molar-refractivity contribution in [1.29, 1.82) is 0 Å². The third-order valence-corrected chi connectivity index (χ3v) is 2.78. The molecule has 0 aromatic heterocycles. The molecule has 1 unspecified atom stereocenters. The normalized spacial score (nSPS) is 33.4. The first kappa shape index (κ1) is 13.0. The van der Waals surface area contributed by atoms with Crippen LogP contribution in [0.5, 0.6) is 0 Å². The average molecular weight is 226 g/mol. The maximum Gasteiger partial charge on any atom is 0.303 e. The Morgan fingerprint density at radius 2 is 2.19 bits per heavy atom. The first-order valence-corrected chi connectivity index (χ1v) is 5.40. The molecule has 1 aliphatic heterocycles. The lowest BCUT2D eigenvalue weighted by Crippen LogP contribution is -2.34. The summed E-state index contributed by atoms with van der Waals surface area (Å²) in [4.78, 5) is 11.0. The highest BCUT2D eigenvalue weighted by molar-refractivity contribution is 5.66. The van der Waals surface area contributed by atoms with E-state index >= 15 is 0 Å². The lowest BCUT2D eigenvalue weighted by atomic mass is 9.99. The van der Waals surface area contributed by atoms with E-state index in [0.717, 1.165) is 0 Å². The molecule has 0 saturated carbocycles. The van der Waals surface area contributed by atoms with Crippen LogP contribution in [0.25, 0.3) is 0 Å². The number of carbonyl (C=O) groups excluding carboxylic acids is 1. The third-order valence-electron chi connectivity index (χ3n) is 2.78. The van der Waals surface area contributed by atoms with Gasteiger partial charge in [-0.25, -0.2) is 0 Å². The molecule has 0 amide bonds. The Balaban J connectivity index is 2.53. The number of rotatable bonds is 4. The number of ether oxygens (including phenoxy) is 3. The van der Waals surface area contributed by atoms with Crippen LogP contribution in [0.4, 0.5) is 0 Å². The van der Waals surface area contributed by atoms with E-state index < -0.39 is 0 Å². The minimum atomic E-state index is -0.295. The Hall–Kier alpha value is -1.05. The first-order valence-electron chi connectivity index (χ1n) is 5.40. The zero-order chi connectivity index (χ0) is 12.1. The fraction of sp³-hybridized carbons (Fsp3) is 0.750. The van der Waals surface area contributed by atoms with Crippen LogP contribution in [0.3, 0.4) is 0 Å². The molecule has 0 N–H and O–H groups in total. The predicted molar refractivity (Wildman–Crippen MR) is 58.7 cm³/mol. The maximum absolute atomic E-state index is 11.0. The van der Waals surface area contributed by atoms with Gasteiger partial charge in [0.05, 0.1) is 12.7 Å². The van der Waals surface area contributed by atoms with Gasteiger partial charge in [0.25, 0.3) is 0 Å². The maximum atomic E-state index is 11.0. The summed E-state index contributed by atoms with van der Waals surface area (Å²) in [5.41, 5.74) is 0. The number of hydrogen-bond donors (Lipinski definition) is 0. The Morgan fingerprint density at radius 1 is 1.50 bits per heavy atom. The second-order valence-electron chi connectivity index (χ2n) is 4.03. The summed E-state index contributed by atoms with van der Waals surface area (Å²) in [7, 11) is 0. The van der Waals surface area contributed by atoms with Crippen molar-refractivity contribution < 1.29 is 19.0 Å². The second kappa shape index (κ2) is 5.88. The molecule has 0 aliphatic carbocycles. The predicted octanol–water partition coefficient (Wildman–Crippen LogP) is 0.991. The van der Waals surface area contributed by atoms with Gasteiger partial charge < -0.3 is 14.2 Å². The van der Waals surface area contributed by atoms with Crippen LogP contribution in [0, 0.1) is 18.3 Å². The lowest BCUT2D eigenvalue weighted by molar-refractivity contribution is -0.152. The van der Waals surface area contributed by atoms with Gasteiger partial charge in [0.2, 0.25) is 0 Å². The summed E-state index contributed by atoms with van der Waals surface area (Å²) in [6.45, 7) is 5.96. The van der Waals surface area contributed by atoms with Crippen molar-refractivity contribution in [3.63, 3.8) is 0 Å². The molecule has 1 rings (SSSR count). The van der Waals surface area contributed by atoms with Crippen LogP contribution in [-0.4, -0.2) is 37.5 Å². The number of esters is 1. The zero-order valence-corrected chi connectivity index (χ0v) is 9.93. The minimum absolute atomic E-state index is 0.0591. The van der Waals surface area contributed by atoms with Gasteiger partial charge in [-0.2, -0.15) is 0 Å². The standard InChI is InChI=1S/C12H18O4/c1-5-6-14-7-11-12(16-10(4)13)8(2)9(3)15-11/h1,8-9,11-12H,6-7H2,2-4H3/t8-,9-,11?,12-/m0/s1. The van der Waals surface area contributed by atoms with Gasteiger partial charge >= 0.3 is 5.97 Å². The summed E-state index contributed by atoms with van der Waals surface area (Å²) < 4.78 is 16.1. The molecule has 1 aliphatic rings. The molecule has 0 aromatic carbocycles. The van der Waals surface area contributed by atoms with Gasteiger partial charge in [-0.15, -0.1) is 6.42 Å². The largest absolute Gasteiger partial charge is 0.459 e. The van der Waals surface area contributed by atoms with Crippen molar-refractivity contribution in [2.45, 2.75) is 39.1 Å². The zero-order valence-electron chi connectivity index (χ0n) is 9.93. The molecule has 0 radical (unpaired) electrons. The second-order valence-corrected chi connectivity index (χ2v) is 4.03. The van der Waals surface area contributed by atoms with E-state index in [0.29, 0.717) is 6.61 Å². The average Bonchev–Trinajstić information content (AvgIpc) is 2.46. The van der Waals surface area contributed by atoms with E-state index in [2.05, 4.69) is 5.92 Å². The Kier molecular flexibility index (Phi) is 4.78. The minimum Gasteiger partial charge on any atom is -0.459 e. The summed E-state index contributed by atoms with van der Waals surface area (Å²) in [6, 6.07) is 0. The quantitative estimate of drug-likeness (QED) is 0.407. The van der Waals surface area contributed by atoms with Crippen LogP contribution in [0.1, 0.15) is 20.8 Å². The molecule has 4 atom stereocenters. The van der Waals surface area contributed by atoms with Gasteiger partial charge in [-0.3, -0.25) is 4.79 Å². The van der Waals surface area contributed by atoms with Crippen LogP contribution in [0.2, 0.25) is 0 Å². The monoisotopic (exact) mass is 226 g/mol. The van der Waals surface area contributed by atoms with E-state index in [9.17, 15) is 4.79 Å². The van der Waals surface area contributed by atoms with Crippen LogP contribution < -0.4 is 0 Å². The van der Waals surface area contributed by atoms with Crippen molar-refractivity contribution in [1.82, 2.24) is 0 Å². The van der Waals surface area contributed by atoms with Crippen molar-refractivity contribution in [3.8, 4) is 12.3 Å². The van der Waals surface area contributed by atoms with E-state index in [1.165, 1.54) is 6.92 Å². The van der Waals surface area contributed by atoms with E-state index in [1.807, 2.05) is 13.8 Å². The molecule has 1 fully saturated rings. The van der Waals surface area contributed by atoms with Crippen LogP contribution in [0.15, 0.2) is 0 Å². The Bertz CT molecular complexity index is 281. The fourth-order valence-electron chi connectivity index (χ4n) is 1.83. The molecular formula is C12H18O4. The van der Waals surface area contributed by atoms with Crippen molar-refractivity contribution >= 4 is 5.97 Å². The van der Waals surface area contributed by atoms with Gasteiger partial charge in [0, 0.05) is 12.8 Å². The third kappa shape index (κ3) is 3.22. The summed E-state index contributed by atoms with van der Waals surface area (Å²) in [5, 5.41) is 0. The van der Waals surface area contributed by atoms with E-state index in [1.54, 1.807) is 0 Å². The Labute approximate surface area is 96.2 Å². The highest BCUT2D eigenvalue weighted by Gasteiger charge is 2.41. The first-order chi connectivity index (χ1) is 7.56. The van der Waals surface area contributed by atoms with E-state index in [-0.39, 0.29) is 36.8 Å². The summed E-state index contributed by atoms with van der Waals surface area (Å²) >= 11 is 0. The van der Waals surface area contributed by atoms with Gasteiger partial charge in [-0.1, -0.05) is 12.8 Å². The molecular weight excluding hydrogens is 208 g/mol. The highest BCUT2D eigenvalue weighted by Crippen LogP contribution is 2.29. The molecule has 90 valence electrons. The highest BCUT2D eigenvalue weighted by atomic mass is 16.6. The van der Waals surface area contributed by atoms with E-state index in [4.69, 9.17) is 20.6 Å². The molecule has 16 heavy (non-hydrogen) atoms. The molecule has 0 bridgehead atoms. The lowest BCUT2D eigenvalue weighted by Gasteiger charge is -2.20. The smallest absolute Gasteiger partial charge is 0.303 e. The Morgan fingerprint density at radius 3 is 2.75 bits per heavy atom. The molecule has 0 spiro atoms. The van der Waals surface area contributed by atoms with Crippen LogP contribution >= 0.6 is 0 Å². The summed E-state index contributed by atoms with van der Waals surface area (Å²) in [6.07, 6.45) is 4.68. The molecule has 4 nitrogen and oxygen atoms in total. The molecule has 1 saturated heterocycles. The number of terminal acetylenes is 1. The molecule has 0 aromatic rings. The molecule has 1 heterocycles. The SMILES string of the molecule is C#CCOCC1O[C@@H](C)[C@H](C)[C@@H]1OC(C)=O. The van der Waals surface area contributed by atoms with Crippen molar-refractivity contribution in [3.05, 3.63) is 0 Å². The van der Waals surface area contributed by atoms with Crippen molar-refractivity contribution in [2.75, 3.05) is 13.2 Å². The van der Waals surface area contributed by atoms with Gasteiger partial charge in [0.1, 0.15) is 18.8 Å². The topological polar surface area (TPSA) is 44.8 Å². The number of hydrogen-bond acceptors (Lipinski definition) is 4. The molecule has 4 heteroatoms. The fourth-order valence-corrected chi connectivity index (χ4v) is 1.83. The van der Waals surface area contributed by atoms with Crippen molar-refractivity contribution in [2.24, 2.45) is 5.92 Å². The summed E-state index contributed by atoms with van der Waals surface area (Å²) in [5.74, 6) is 2.26. The van der Waals surface area contributed by atoms with Crippen LogP contribution in [-0.2, 0) is 19.0 Å².